The summed E-state index contributed by atoms with van der Waals surface area (Å²) in [6.07, 6.45) is 0.854. The number of carbonyl (C=O) groups is 2. The molecule has 0 fully saturated rings. The molecule has 0 bridgehead atoms. The lowest BCUT2D eigenvalue weighted by Crippen LogP contribution is -2.48. The fourth-order valence-corrected chi connectivity index (χ4v) is 3.92. The number of thioether (sulfide) groups is 1. The molecular weight excluding hydrogens is 404 g/mol. The highest BCUT2D eigenvalue weighted by Gasteiger charge is 2.25. The number of nitrogens with zero attached hydrogens (tertiary/aromatic N) is 1. The number of benzene rings is 2. The average Bonchev–Trinajstić information content (AvgIpc) is 2.71. The molecule has 0 aromatic heterocycles. The molecule has 6 heteroatoms. The summed E-state index contributed by atoms with van der Waals surface area (Å²) < 4.78 is 0. The summed E-state index contributed by atoms with van der Waals surface area (Å²) in [5.74, 6) is 0.889. The third-order valence-corrected chi connectivity index (χ3v) is 5.80. The first-order chi connectivity index (χ1) is 13.9. The van der Waals surface area contributed by atoms with Gasteiger partial charge >= 0.3 is 0 Å². The molecular formula is C23H29ClN2O2S. The predicted octanol–water partition coefficient (Wildman–Crippen LogP) is 4.83. The lowest BCUT2D eigenvalue weighted by Gasteiger charge is -2.28. The molecule has 2 rings (SSSR count). The summed E-state index contributed by atoms with van der Waals surface area (Å²) in [6, 6.07) is 15.2. The maximum absolute atomic E-state index is 13.0. The summed E-state index contributed by atoms with van der Waals surface area (Å²) in [4.78, 5) is 27.1. The molecule has 0 aliphatic heterocycles. The number of nitrogens with one attached hydrogen (secondary N) is 1. The molecule has 0 unspecified atom stereocenters. The lowest BCUT2D eigenvalue weighted by molar-refractivity contribution is -0.138. The van der Waals surface area contributed by atoms with Crippen LogP contribution in [0.15, 0.2) is 48.5 Å². The summed E-state index contributed by atoms with van der Waals surface area (Å²) in [5, 5.41) is 3.50. The first-order valence-corrected chi connectivity index (χ1v) is 11.4. The monoisotopic (exact) mass is 432 g/mol. The zero-order valence-electron chi connectivity index (χ0n) is 17.3. The maximum Gasteiger partial charge on any atom is 0.242 e. The fraction of sp³-hybridized carbons (Fsp3) is 0.391. The Morgan fingerprint density at radius 3 is 2.52 bits per heavy atom. The quantitative estimate of drug-likeness (QED) is 0.585. The van der Waals surface area contributed by atoms with Crippen molar-refractivity contribution in [1.82, 2.24) is 10.2 Å². The van der Waals surface area contributed by atoms with Crippen LogP contribution in [0.1, 0.15) is 37.0 Å². The second-order valence-electron chi connectivity index (χ2n) is 7.10. The van der Waals surface area contributed by atoms with Gasteiger partial charge in [0.2, 0.25) is 11.8 Å². The highest BCUT2D eigenvalue weighted by molar-refractivity contribution is 7.99. The topological polar surface area (TPSA) is 49.4 Å². The largest absolute Gasteiger partial charge is 0.354 e. The van der Waals surface area contributed by atoms with E-state index in [-0.39, 0.29) is 11.8 Å². The summed E-state index contributed by atoms with van der Waals surface area (Å²) in [6.45, 7) is 6.79. The summed E-state index contributed by atoms with van der Waals surface area (Å²) in [7, 11) is 0. The van der Waals surface area contributed by atoms with Crippen molar-refractivity contribution in [3.63, 3.8) is 0 Å². The van der Waals surface area contributed by atoms with E-state index in [1.165, 1.54) is 11.1 Å². The second kappa shape index (κ2) is 11.9. The van der Waals surface area contributed by atoms with E-state index in [2.05, 4.69) is 36.5 Å². The van der Waals surface area contributed by atoms with Crippen molar-refractivity contribution >= 4 is 35.2 Å². The maximum atomic E-state index is 13.0. The van der Waals surface area contributed by atoms with E-state index in [1.54, 1.807) is 29.7 Å². The highest BCUT2D eigenvalue weighted by atomic mass is 35.5. The van der Waals surface area contributed by atoms with Crippen LogP contribution in [0.25, 0.3) is 0 Å². The second-order valence-corrected chi connectivity index (χ2v) is 8.52. The Labute approximate surface area is 183 Å². The Balaban J connectivity index is 2.04. The zero-order chi connectivity index (χ0) is 21.2. The van der Waals surface area contributed by atoms with Gasteiger partial charge in [-0.25, -0.2) is 0 Å². The van der Waals surface area contributed by atoms with Gasteiger partial charge in [-0.3, -0.25) is 9.59 Å². The van der Waals surface area contributed by atoms with Crippen LogP contribution in [-0.2, 0) is 21.9 Å². The molecule has 0 saturated heterocycles. The molecule has 0 saturated carbocycles. The van der Waals surface area contributed by atoms with Gasteiger partial charge in [-0.15, -0.1) is 11.8 Å². The van der Waals surface area contributed by atoms with E-state index in [9.17, 15) is 9.59 Å². The molecule has 0 aliphatic carbocycles. The van der Waals surface area contributed by atoms with Crippen LogP contribution in [0.3, 0.4) is 0 Å². The van der Waals surface area contributed by atoms with Crippen LogP contribution in [0, 0.1) is 6.92 Å². The van der Waals surface area contributed by atoms with Gasteiger partial charge in [-0.05, 0) is 43.5 Å². The molecule has 1 N–H and O–H groups in total. The van der Waals surface area contributed by atoms with Gasteiger partial charge in [-0.1, -0.05) is 60.5 Å². The van der Waals surface area contributed by atoms with Crippen LogP contribution < -0.4 is 5.32 Å². The molecule has 156 valence electrons. The zero-order valence-corrected chi connectivity index (χ0v) is 18.9. The number of rotatable bonds is 10. The van der Waals surface area contributed by atoms with Crippen molar-refractivity contribution < 1.29 is 9.59 Å². The summed E-state index contributed by atoms with van der Waals surface area (Å²) >= 11 is 7.65. The minimum Gasteiger partial charge on any atom is -0.354 e. The molecule has 2 aromatic rings. The summed E-state index contributed by atoms with van der Waals surface area (Å²) in [5.41, 5.74) is 3.31. The van der Waals surface area contributed by atoms with Gasteiger partial charge in [0.1, 0.15) is 6.04 Å². The first-order valence-electron chi connectivity index (χ1n) is 9.85. The van der Waals surface area contributed by atoms with Gasteiger partial charge in [0.05, 0.1) is 5.75 Å². The predicted molar refractivity (Wildman–Crippen MR) is 122 cm³/mol. The smallest absolute Gasteiger partial charge is 0.242 e. The van der Waals surface area contributed by atoms with E-state index in [4.69, 9.17) is 11.6 Å². The van der Waals surface area contributed by atoms with E-state index in [0.717, 1.165) is 17.7 Å². The van der Waals surface area contributed by atoms with Crippen LogP contribution in [0.4, 0.5) is 0 Å². The molecule has 29 heavy (non-hydrogen) atoms. The molecule has 4 nitrogen and oxygen atoms in total. The number of carbonyl (C=O) groups excluding carboxylic acids is 2. The Morgan fingerprint density at radius 1 is 1.14 bits per heavy atom. The molecule has 2 aromatic carbocycles. The number of hydrogen-bond donors (Lipinski definition) is 1. The van der Waals surface area contributed by atoms with Gasteiger partial charge < -0.3 is 10.2 Å². The lowest BCUT2D eigenvalue weighted by atomic mass is 10.1. The van der Waals surface area contributed by atoms with Crippen LogP contribution in [0.2, 0.25) is 5.02 Å². The standard InChI is InChI=1S/C23H29ClN2O2S/c1-4-12-25-23(28)18(3)26(14-20-6-5-7-21(24)13-20)22(27)16-29-15-19-10-8-17(2)9-11-19/h5-11,13,18H,4,12,14-16H2,1-3H3,(H,25,28)/t18-/m0/s1. The van der Waals surface area contributed by atoms with Gasteiger partial charge in [-0.2, -0.15) is 0 Å². The van der Waals surface area contributed by atoms with Crippen LogP contribution in [-0.4, -0.2) is 35.1 Å². The van der Waals surface area contributed by atoms with Crippen molar-refractivity contribution in [2.24, 2.45) is 0 Å². The van der Waals surface area contributed by atoms with Crippen molar-refractivity contribution in [2.45, 2.75) is 45.5 Å². The molecule has 0 radical (unpaired) electrons. The minimum absolute atomic E-state index is 0.0544. The van der Waals surface area contributed by atoms with Crippen molar-refractivity contribution in [3.8, 4) is 0 Å². The normalized spacial score (nSPS) is 11.7. The first kappa shape index (κ1) is 23.3. The van der Waals surface area contributed by atoms with Crippen LogP contribution >= 0.6 is 23.4 Å². The molecule has 0 heterocycles. The Bertz CT molecular complexity index is 811. The van der Waals surface area contributed by atoms with Gasteiger partial charge in [0.15, 0.2) is 0 Å². The minimum atomic E-state index is -0.548. The van der Waals surface area contributed by atoms with Crippen molar-refractivity contribution in [3.05, 3.63) is 70.2 Å². The van der Waals surface area contributed by atoms with E-state index < -0.39 is 6.04 Å². The third kappa shape index (κ3) is 7.75. The Kier molecular flexibility index (Phi) is 9.55. The Hall–Kier alpha value is -1.98. The molecule has 2 amide bonds. The van der Waals surface area contributed by atoms with Crippen molar-refractivity contribution in [1.29, 1.82) is 0 Å². The van der Waals surface area contributed by atoms with E-state index in [1.807, 2.05) is 25.1 Å². The molecule has 1 atom stereocenters. The van der Waals surface area contributed by atoms with Gasteiger partial charge in [0, 0.05) is 23.9 Å². The highest BCUT2D eigenvalue weighted by Crippen LogP contribution is 2.18. The fourth-order valence-electron chi connectivity index (χ4n) is 2.83. The number of amides is 2. The molecule has 0 spiro atoms. The van der Waals surface area contributed by atoms with Crippen LogP contribution in [0.5, 0.6) is 0 Å². The third-order valence-electron chi connectivity index (χ3n) is 4.57. The van der Waals surface area contributed by atoms with Crippen molar-refractivity contribution in [2.75, 3.05) is 12.3 Å². The Morgan fingerprint density at radius 2 is 1.86 bits per heavy atom. The number of aryl methyl sites for hydroxylation is 1. The molecule has 0 aliphatic rings. The van der Waals surface area contributed by atoms with E-state index >= 15 is 0 Å². The SMILES string of the molecule is CCCNC(=O)[C@H](C)N(Cc1cccc(Cl)c1)C(=O)CSCc1ccc(C)cc1. The number of halogens is 1. The van der Waals surface area contributed by atoms with E-state index in [0.29, 0.717) is 23.9 Å². The average molecular weight is 433 g/mol. The van der Waals surface area contributed by atoms with Gasteiger partial charge in [0.25, 0.3) is 0 Å². The number of hydrogen-bond acceptors (Lipinski definition) is 3.